The summed E-state index contributed by atoms with van der Waals surface area (Å²) in [4.78, 5) is 22.9. The summed E-state index contributed by atoms with van der Waals surface area (Å²) in [5, 5.41) is 7.56. The van der Waals surface area contributed by atoms with Crippen LogP contribution in [-0.4, -0.2) is 24.5 Å². The summed E-state index contributed by atoms with van der Waals surface area (Å²) in [6.45, 7) is 3.88. The van der Waals surface area contributed by atoms with Crippen LogP contribution < -0.4 is 16.0 Å². The van der Waals surface area contributed by atoms with E-state index < -0.39 is 12.1 Å². The number of rotatable bonds is 4. The van der Waals surface area contributed by atoms with Crippen molar-refractivity contribution in [3.05, 3.63) is 30.1 Å². The summed E-state index contributed by atoms with van der Waals surface area (Å²) in [5.41, 5.74) is 0.456. The molecule has 0 radical (unpaired) electrons. The average molecular weight is 253 g/mol. The quantitative estimate of drug-likeness (QED) is 0.760. The summed E-state index contributed by atoms with van der Waals surface area (Å²) in [7, 11) is 0. The number of nitrogens with one attached hydrogen (secondary N) is 3. The maximum Gasteiger partial charge on any atom is 0.319 e. The summed E-state index contributed by atoms with van der Waals surface area (Å²) < 4.78 is 12.6. The average Bonchev–Trinajstić information content (AvgIpc) is 2.32. The first kappa shape index (κ1) is 14.0. The first-order valence-corrected chi connectivity index (χ1v) is 5.63. The molecule has 1 aromatic carbocycles. The van der Waals surface area contributed by atoms with Crippen molar-refractivity contribution in [2.45, 2.75) is 19.9 Å². The van der Waals surface area contributed by atoms with Crippen molar-refractivity contribution in [3.8, 4) is 0 Å². The minimum Gasteiger partial charge on any atom is -0.355 e. The van der Waals surface area contributed by atoms with Gasteiger partial charge in [0, 0.05) is 12.2 Å². The molecule has 1 rings (SSSR count). The Bertz CT molecular complexity index is 420. The predicted molar refractivity (Wildman–Crippen MR) is 66.7 cm³/mol. The van der Waals surface area contributed by atoms with Gasteiger partial charge < -0.3 is 16.0 Å². The second-order valence-electron chi connectivity index (χ2n) is 3.72. The van der Waals surface area contributed by atoms with E-state index in [0.717, 1.165) is 0 Å². The van der Waals surface area contributed by atoms with E-state index in [0.29, 0.717) is 12.2 Å². The number of likely N-dealkylation sites (N-methyl/N-ethyl adjacent to an activating group) is 1. The molecule has 0 aliphatic carbocycles. The van der Waals surface area contributed by atoms with Gasteiger partial charge in [0.05, 0.1) is 0 Å². The van der Waals surface area contributed by atoms with Crippen LogP contribution in [0.3, 0.4) is 0 Å². The van der Waals surface area contributed by atoms with Crippen molar-refractivity contribution in [1.82, 2.24) is 10.6 Å². The second-order valence-corrected chi connectivity index (χ2v) is 3.72. The SMILES string of the molecule is CCNC(=O)C(C)NC(=O)Nc1ccc(F)cc1. The third-order valence-corrected chi connectivity index (χ3v) is 2.19. The van der Waals surface area contributed by atoms with Crippen molar-refractivity contribution >= 4 is 17.6 Å². The third kappa shape index (κ3) is 4.40. The van der Waals surface area contributed by atoms with E-state index in [1.165, 1.54) is 24.3 Å². The van der Waals surface area contributed by atoms with Crippen LogP contribution in [0.1, 0.15) is 13.8 Å². The van der Waals surface area contributed by atoms with Crippen LogP contribution in [0.4, 0.5) is 14.9 Å². The second kappa shape index (κ2) is 6.58. The Kier molecular flexibility index (Phi) is 5.10. The van der Waals surface area contributed by atoms with Crippen LogP contribution in [0.2, 0.25) is 0 Å². The molecule has 3 N–H and O–H groups in total. The Morgan fingerprint density at radius 1 is 1.28 bits per heavy atom. The fourth-order valence-electron chi connectivity index (χ4n) is 1.29. The number of halogens is 1. The van der Waals surface area contributed by atoms with E-state index in [4.69, 9.17) is 0 Å². The van der Waals surface area contributed by atoms with Gasteiger partial charge in [-0.15, -0.1) is 0 Å². The standard InChI is InChI=1S/C12H16FN3O2/c1-3-14-11(17)8(2)15-12(18)16-10-6-4-9(13)5-7-10/h4-8H,3H2,1-2H3,(H,14,17)(H2,15,16,18). The molecule has 5 nitrogen and oxygen atoms in total. The highest BCUT2D eigenvalue weighted by Gasteiger charge is 2.14. The van der Waals surface area contributed by atoms with Crippen LogP contribution in [0.25, 0.3) is 0 Å². The van der Waals surface area contributed by atoms with E-state index in [9.17, 15) is 14.0 Å². The van der Waals surface area contributed by atoms with Gasteiger partial charge in [-0.3, -0.25) is 4.79 Å². The fourth-order valence-corrected chi connectivity index (χ4v) is 1.29. The molecule has 0 fully saturated rings. The minimum atomic E-state index is -0.634. The van der Waals surface area contributed by atoms with Crippen LogP contribution >= 0.6 is 0 Å². The summed E-state index contributed by atoms with van der Waals surface area (Å²) in [5.74, 6) is -0.636. The Morgan fingerprint density at radius 2 is 1.89 bits per heavy atom. The third-order valence-electron chi connectivity index (χ3n) is 2.19. The minimum absolute atomic E-state index is 0.258. The maximum atomic E-state index is 12.6. The summed E-state index contributed by atoms with van der Waals surface area (Å²) in [6.07, 6.45) is 0. The zero-order valence-electron chi connectivity index (χ0n) is 10.3. The van der Waals surface area contributed by atoms with E-state index in [1.807, 2.05) is 0 Å². The van der Waals surface area contributed by atoms with E-state index in [-0.39, 0.29) is 11.7 Å². The van der Waals surface area contributed by atoms with Crippen molar-refractivity contribution in [2.24, 2.45) is 0 Å². The van der Waals surface area contributed by atoms with Gasteiger partial charge in [0.1, 0.15) is 11.9 Å². The molecular formula is C12H16FN3O2. The molecule has 6 heteroatoms. The highest BCUT2D eigenvalue weighted by Crippen LogP contribution is 2.07. The van der Waals surface area contributed by atoms with Gasteiger partial charge in [-0.2, -0.15) is 0 Å². The monoisotopic (exact) mass is 253 g/mol. The van der Waals surface area contributed by atoms with Gasteiger partial charge in [-0.05, 0) is 38.1 Å². The lowest BCUT2D eigenvalue weighted by atomic mass is 10.3. The predicted octanol–water partition coefficient (Wildman–Crippen LogP) is 1.47. The van der Waals surface area contributed by atoms with Crippen molar-refractivity contribution in [1.29, 1.82) is 0 Å². The number of amides is 3. The lowest BCUT2D eigenvalue weighted by Gasteiger charge is -2.14. The van der Waals surface area contributed by atoms with Crippen molar-refractivity contribution < 1.29 is 14.0 Å². The Labute approximate surface area is 105 Å². The van der Waals surface area contributed by atoms with Crippen LogP contribution in [0, 0.1) is 5.82 Å². The zero-order chi connectivity index (χ0) is 13.5. The molecule has 0 saturated heterocycles. The molecule has 0 aromatic heterocycles. The Hall–Kier alpha value is -2.11. The molecule has 1 aromatic rings. The largest absolute Gasteiger partial charge is 0.355 e. The Morgan fingerprint density at radius 3 is 2.44 bits per heavy atom. The van der Waals surface area contributed by atoms with Gasteiger partial charge in [-0.25, -0.2) is 9.18 Å². The molecule has 0 bridgehead atoms. The number of carbonyl (C=O) groups excluding carboxylic acids is 2. The molecule has 0 aliphatic heterocycles. The molecule has 98 valence electrons. The molecule has 0 spiro atoms. The van der Waals surface area contributed by atoms with Crippen LogP contribution in [0.5, 0.6) is 0 Å². The maximum absolute atomic E-state index is 12.6. The normalized spacial score (nSPS) is 11.5. The first-order chi connectivity index (χ1) is 8.52. The molecular weight excluding hydrogens is 237 g/mol. The number of carbonyl (C=O) groups is 2. The molecule has 0 aliphatic rings. The zero-order valence-corrected chi connectivity index (χ0v) is 10.3. The lowest BCUT2D eigenvalue weighted by molar-refractivity contribution is -0.122. The first-order valence-electron chi connectivity index (χ1n) is 5.63. The number of anilines is 1. The van der Waals surface area contributed by atoms with Crippen molar-refractivity contribution in [3.63, 3.8) is 0 Å². The number of hydrogen-bond acceptors (Lipinski definition) is 2. The smallest absolute Gasteiger partial charge is 0.319 e. The highest BCUT2D eigenvalue weighted by atomic mass is 19.1. The van der Waals surface area contributed by atoms with Crippen molar-refractivity contribution in [2.75, 3.05) is 11.9 Å². The van der Waals surface area contributed by atoms with Gasteiger partial charge >= 0.3 is 6.03 Å². The van der Waals surface area contributed by atoms with E-state index in [2.05, 4.69) is 16.0 Å². The molecule has 18 heavy (non-hydrogen) atoms. The summed E-state index contributed by atoms with van der Waals surface area (Å²) >= 11 is 0. The van der Waals surface area contributed by atoms with Crippen LogP contribution in [-0.2, 0) is 4.79 Å². The summed E-state index contributed by atoms with van der Waals surface area (Å²) in [6, 6.07) is 4.20. The fraction of sp³-hybridized carbons (Fsp3) is 0.333. The molecule has 0 heterocycles. The topological polar surface area (TPSA) is 70.2 Å². The lowest BCUT2D eigenvalue weighted by Crippen LogP contribution is -2.46. The van der Waals surface area contributed by atoms with E-state index >= 15 is 0 Å². The van der Waals surface area contributed by atoms with Gasteiger partial charge in [-0.1, -0.05) is 0 Å². The van der Waals surface area contributed by atoms with E-state index in [1.54, 1.807) is 13.8 Å². The van der Waals surface area contributed by atoms with Gasteiger partial charge in [0.25, 0.3) is 0 Å². The molecule has 1 unspecified atom stereocenters. The molecule has 1 atom stereocenters. The molecule has 3 amide bonds. The number of hydrogen-bond donors (Lipinski definition) is 3. The number of urea groups is 1. The highest BCUT2D eigenvalue weighted by molar-refractivity contribution is 5.93. The van der Waals surface area contributed by atoms with Gasteiger partial charge in [0.2, 0.25) is 5.91 Å². The van der Waals surface area contributed by atoms with Gasteiger partial charge in [0.15, 0.2) is 0 Å². The van der Waals surface area contributed by atoms with Crippen LogP contribution in [0.15, 0.2) is 24.3 Å². The number of benzene rings is 1. The Balaban J connectivity index is 2.46. The molecule has 0 saturated carbocycles.